The highest BCUT2D eigenvalue weighted by Gasteiger charge is 2.53. The quantitative estimate of drug-likeness (QED) is 0.775. The van der Waals surface area contributed by atoms with Crippen LogP contribution in [0.4, 0.5) is 13.2 Å². The van der Waals surface area contributed by atoms with Crippen molar-refractivity contribution in [1.82, 2.24) is 0 Å². The van der Waals surface area contributed by atoms with Gasteiger partial charge in [-0.3, -0.25) is 0 Å². The van der Waals surface area contributed by atoms with E-state index in [4.69, 9.17) is 5.73 Å². The molecule has 1 aliphatic rings. The Morgan fingerprint density at radius 1 is 1.19 bits per heavy atom. The molecule has 96 valence electrons. The first-order chi connectivity index (χ1) is 7.12. The molecule has 0 bridgehead atoms. The third kappa shape index (κ3) is 2.53. The van der Waals surface area contributed by atoms with Gasteiger partial charge in [-0.25, -0.2) is 0 Å². The maximum absolute atomic E-state index is 12.7. The lowest BCUT2D eigenvalue weighted by Crippen LogP contribution is -2.56. The standard InChI is InChI=1S/C12H22F3N/c1-4-10(2,3)9-5-7-11(16,8-6-9)12(13,14)15/h9H,4-8,16H2,1-3H3. The minimum absolute atomic E-state index is 0.0740. The Kier molecular flexibility index (Phi) is 3.63. The van der Waals surface area contributed by atoms with Crippen LogP contribution in [-0.2, 0) is 0 Å². The molecule has 1 fully saturated rings. The van der Waals surface area contributed by atoms with Gasteiger partial charge in [-0.05, 0) is 37.0 Å². The summed E-state index contributed by atoms with van der Waals surface area (Å²) in [6, 6.07) is 0. The Morgan fingerprint density at radius 2 is 1.62 bits per heavy atom. The van der Waals surface area contributed by atoms with Gasteiger partial charge in [0.15, 0.2) is 0 Å². The van der Waals surface area contributed by atoms with E-state index in [1.54, 1.807) is 0 Å². The molecule has 0 heterocycles. The monoisotopic (exact) mass is 237 g/mol. The fraction of sp³-hybridized carbons (Fsp3) is 1.00. The number of halogens is 3. The maximum Gasteiger partial charge on any atom is 0.406 e. The second-order valence-corrected chi connectivity index (χ2v) is 5.77. The SMILES string of the molecule is CCC(C)(C)C1CCC(N)(C(F)(F)F)CC1. The van der Waals surface area contributed by atoms with Gasteiger partial charge < -0.3 is 5.73 Å². The molecule has 16 heavy (non-hydrogen) atoms. The Bertz CT molecular complexity index is 237. The van der Waals surface area contributed by atoms with E-state index >= 15 is 0 Å². The zero-order valence-corrected chi connectivity index (χ0v) is 10.3. The Morgan fingerprint density at radius 3 is 1.94 bits per heavy atom. The molecular weight excluding hydrogens is 215 g/mol. The topological polar surface area (TPSA) is 26.0 Å². The fourth-order valence-electron chi connectivity index (χ4n) is 2.49. The zero-order chi connectivity index (χ0) is 12.6. The minimum atomic E-state index is -4.26. The van der Waals surface area contributed by atoms with Crippen molar-refractivity contribution in [2.45, 2.75) is 64.6 Å². The first-order valence-electron chi connectivity index (χ1n) is 5.98. The van der Waals surface area contributed by atoms with Crippen molar-refractivity contribution in [2.24, 2.45) is 17.1 Å². The van der Waals surface area contributed by atoms with Crippen LogP contribution >= 0.6 is 0 Å². The van der Waals surface area contributed by atoms with E-state index in [2.05, 4.69) is 20.8 Å². The molecule has 0 aromatic heterocycles. The minimum Gasteiger partial charge on any atom is -0.318 e. The Balaban J connectivity index is 2.65. The van der Waals surface area contributed by atoms with Crippen molar-refractivity contribution in [3.8, 4) is 0 Å². The molecule has 2 N–H and O–H groups in total. The number of hydrogen-bond acceptors (Lipinski definition) is 1. The van der Waals surface area contributed by atoms with E-state index in [0.29, 0.717) is 18.8 Å². The zero-order valence-electron chi connectivity index (χ0n) is 10.3. The summed E-state index contributed by atoms with van der Waals surface area (Å²) >= 11 is 0. The van der Waals surface area contributed by atoms with Gasteiger partial charge >= 0.3 is 6.18 Å². The summed E-state index contributed by atoms with van der Waals surface area (Å²) in [7, 11) is 0. The van der Waals surface area contributed by atoms with Crippen molar-refractivity contribution in [3.63, 3.8) is 0 Å². The van der Waals surface area contributed by atoms with Crippen molar-refractivity contribution in [1.29, 1.82) is 0 Å². The van der Waals surface area contributed by atoms with E-state index in [0.717, 1.165) is 6.42 Å². The number of alkyl halides is 3. The molecule has 1 saturated carbocycles. The van der Waals surface area contributed by atoms with Gasteiger partial charge in [0.1, 0.15) is 5.54 Å². The Labute approximate surface area is 95.6 Å². The van der Waals surface area contributed by atoms with Gasteiger partial charge in [-0.15, -0.1) is 0 Å². The van der Waals surface area contributed by atoms with Crippen molar-refractivity contribution < 1.29 is 13.2 Å². The molecule has 4 heteroatoms. The van der Waals surface area contributed by atoms with Crippen LogP contribution in [0.5, 0.6) is 0 Å². The molecule has 1 rings (SSSR count). The molecule has 0 radical (unpaired) electrons. The summed E-state index contributed by atoms with van der Waals surface area (Å²) in [5.74, 6) is 0.372. The van der Waals surface area contributed by atoms with Gasteiger partial charge in [0.05, 0.1) is 0 Å². The van der Waals surface area contributed by atoms with E-state index < -0.39 is 11.7 Å². The van der Waals surface area contributed by atoms with Crippen LogP contribution in [0.1, 0.15) is 52.9 Å². The second kappa shape index (κ2) is 4.21. The van der Waals surface area contributed by atoms with Gasteiger partial charge in [-0.1, -0.05) is 27.2 Å². The van der Waals surface area contributed by atoms with E-state index in [-0.39, 0.29) is 18.3 Å². The van der Waals surface area contributed by atoms with Crippen LogP contribution in [0.15, 0.2) is 0 Å². The molecule has 0 aromatic rings. The highest BCUT2D eigenvalue weighted by Crippen LogP contribution is 2.47. The second-order valence-electron chi connectivity index (χ2n) is 5.77. The molecule has 0 aromatic carbocycles. The van der Waals surface area contributed by atoms with Crippen molar-refractivity contribution in [2.75, 3.05) is 0 Å². The van der Waals surface area contributed by atoms with Crippen LogP contribution in [0.25, 0.3) is 0 Å². The Hall–Kier alpha value is -0.250. The molecule has 0 atom stereocenters. The molecular formula is C12H22F3N. The van der Waals surface area contributed by atoms with Crippen LogP contribution < -0.4 is 5.73 Å². The molecule has 0 unspecified atom stereocenters. The first kappa shape index (κ1) is 13.8. The predicted octanol–water partition coefficient (Wildman–Crippen LogP) is 3.87. The van der Waals surface area contributed by atoms with Gasteiger partial charge in [0.25, 0.3) is 0 Å². The molecule has 1 aliphatic carbocycles. The summed E-state index contributed by atoms with van der Waals surface area (Å²) < 4.78 is 38.1. The molecule has 1 nitrogen and oxygen atoms in total. The summed E-state index contributed by atoms with van der Waals surface area (Å²) in [4.78, 5) is 0. The number of nitrogens with two attached hydrogens (primary N) is 1. The number of rotatable bonds is 2. The van der Waals surface area contributed by atoms with Gasteiger partial charge in [0, 0.05) is 0 Å². The smallest absolute Gasteiger partial charge is 0.318 e. The van der Waals surface area contributed by atoms with Crippen molar-refractivity contribution in [3.05, 3.63) is 0 Å². The van der Waals surface area contributed by atoms with E-state index in [9.17, 15) is 13.2 Å². The fourth-order valence-corrected chi connectivity index (χ4v) is 2.49. The first-order valence-corrected chi connectivity index (χ1v) is 5.98. The van der Waals surface area contributed by atoms with Crippen molar-refractivity contribution >= 4 is 0 Å². The lowest BCUT2D eigenvalue weighted by atomic mass is 9.65. The molecule has 0 aliphatic heterocycles. The lowest BCUT2D eigenvalue weighted by Gasteiger charge is -2.43. The lowest BCUT2D eigenvalue weighted by molar-refractivity contribution is -0.198. The summed E-state index contributed by atoms with van der Waals surface area (Å²) in [6.07, 6.45) is -1.92. The molecule has 0 amide bonds. The average Bonchev–Trinajstić information content (AvgIpc) is 2.17. The van der Waals surface area contributed by atoms with Gasteiger partial charge in [0.2, 0.25) is 0 Å². The normalized spacial score (nSPS) is 32.8. The van der Waals surface area contributed by atoms with Gasteiger partial charge in [-0.2, -0.15) is 13.2 Å². The summed E-state index contributed by atoms with van der Waals surface area (Å²) in [5.41, 5.74) is 3.65. The molecule has 0 spiro atoms. The van der Waals surface area contributed by atoms with E-state index in [1.165, 1.54) is 0 Å². The van der Waals surface area contributed by atoms with Crippen LogP contribution in [0.2, 0.25) is 0 Å². The summed E-state index contributed by atoms with van der Waals surface area (Å²) in [6.45, 7) is 6.36. The third-order valence-corrected chi connectivity index (χ3v) is 4.46. The van der Waals surface area contributed by atoms with Crippen LogP contribution in [0, 0.1) is 11.3 Å². The van der Waals surface area contributed by atoms with Crippen LogP contribution in [0.3, 0.4) is 0 Å². The molecule has 0 saturated heterocycles. The average molecular weight is 237 g/mol. The largest absolute Gasteiger partial charge is 0.406 e. The number of hydrogen-bond donors (Lipinski definition) is 1. The van der Waals surface area contributed by atoms with Crippen LogP contribution in [-0.4, -0.2) is 11.7 Å². The highest BCUT2D eigenvalue weighted by atomic mass is 19.4. The maximum atomic E-state index is 12.7. The summed E-state index contributed by atoms with van der Waals surface area (Å²) in [5, 5.41) is 0. The highest BCUT2D eigenvalue weighted by molar-refractivity contribution is 4.97. The van der Waals surface area contributed by atoms with E-state index in [1.807, 2.05) is 0 Å². The third-order valence-electron chi connectivity index (χ3n) is 4.46. The predicted molar refractivity (Wildman–Crippen MR) is 59.0 cm³/mol.